The molecular formula is C17H20ClN7O. The molecule has 3 N–H and O–H groups in total. The highest BCUT2D eigenvalue weighted by Crippen LogP contribution is 2.26. The van der Waals surface area contributed by atoms with Gasteiger partial charge in [-0.25, -0.2) is 19.9 Å². The number of halogens is 1. The molecule has 3 aromatic heterocycles. The molecule has 3 aromatic rings. The first kappa shape index (κ1) is 18.1. The Labute approximate surface area is 155 Å². The molecule has 136 valence electrons. The predicted molar refractivity (Wildman–Crippen MR) is 101 cm³/mol. The standard InChI is InChI=1S/C17H20ClN7O/c1-4-17(3,15(26)19-5-2)25-12-6-7-20-14(23-12)10-8-21-11-9-22-16(18)24-13(10)11/h6-9,21H,4-5H2,1-3H3,(H,19,26)(H,20,23,25). The average Bonchev–Trinajstić information content (AvgIpc) is 3.05. The number of carbonyl (C=O) groups excluding carboxylic acids is 1. The number of rotatable bonds is 6. The van der Waals surface area contributed by atoms with Crippen LogP contribution in [-0.2, 0) is 4.79 Å². The molecule has 0 aliphatic rings. The maximum Gasteiger partial charge on any atom is 0.245 e. The molecule has 1 unspecified atom stereocenters. The molecule has 3 heterocycles. The molecule has 0 bridgehead atoms. The number of H-pyrrole nitrogens is 1. The summed E-state index contributed by atoms with van der Waals surface area (Å²) in [5.74, 6) is 0.958. The minimum absolute atomic E-state index is 0.0747. The summed E-state index contributed by atoms with van der Waals surface area (Å²) in [6.07, 6.45) is 5.62. The lowest BCUT2D eigenvalue weighted by molar-refractivity contribution is -0.125. The second-order valence-electron chi connectivity index (χ2n) is 6.04. The number of carbonyl (C=O) groups is 1. The lowest BCUT2D eigenvalue weighted by atomic mass is 9.97. The summed E-state index contributed by atoms with van der Waals surface area (Å²) in [7, 11) is 0. The average molecular weight is 374 g/mol. The van der Waals surface area contributed by atoms with Crippen LogP contribution in [0.5, 0.6) is 0 Å². The van der Waals surface area contributed by atoms with Gasteiger partial charge in [0.2, 0.25) is 11.2 Å². The Hall–Kier alpha value is -2.74. The van der Waals surface area contributed by atoms with E-state index in [1.54, 1.807) is 24.7 Å². The summed E-state index contributed by atoms with van der Waals surface area (Å²) in [5.41, 5.74) is 1.33. The quantitative estimate of drug-likeness (QED) is 0.573. The van der Waals surface area contributed by atoms with Crippen LogP contribution in [0.1, 0.15) is 27.2 Å². The number of anilines is 1. The molecular weight excluding hydrogens is 354 g/mol. The van der Waals surface area contributed by atoms with Gasteiger partial charge in [-0.05, 0) is 37.9 Å². The van der Waals surface area contributed by atoms with E-state index in [-0.39, 0.29) is 11.2 Å². The predicted octanol–water partition coefficient (Wildman–Crippen LogP) is 2.79. The molecule has 0 spiro atoms. The van der Waals surface area contributed by atoms with Gasteiger partial charge in [0.1, 0.15) is 16.9 Å². The molecule has 0 saturated heterocycles. The number of nitrogens with zero attached hydrogens (tertiary/aromatic N) is 4. The number of fused-ring (bicyclic) bond motifs is 1. The van der Waals surface area contributed by atoms with Gasteiger partial charge in [-0.1, -0.05) is 6.92 Å². The van der Waals surface area contributed by atoms with E-state index < -0.39 is 5.54 Å². The summed E-state index contributed by atoms with van der Waals surface area (Å²) in [4.78, 5) is 32.5. The zero-order valence-corrected chi connectivity index (χ0v) is 15.6. The topological polar surface area (TPSA) is 108 Å². The number of nitrogens with one attached hydrogen (secondary N) is 3. The molecule has 0 aliphatic heterocycles. The molecule has 9 heteroatoms. The second-order valence-corrected chi connectivity index (χ2v) is 6.38. The normalized spacial score (nSPS) is 13.4. The fourth-order valence-electron chi connectivity index (χ4n) is 2.56. The van der Waals surface area contributed by atoms with Crippen molar-refractivity contribution < 1.29 is 4.79 Å². The Balaban J connectivity index is 1.95. The fraction of sp³-hybridized carbons (Fsp3) is 0.353. The van der Waals surface area contributed by atoms with Crippen molar-refractivity contribution in [3.8, 4) is 11.4 Å². The van der Waals surface area contributed by atoms with E-state index in [2.05, 4.69) is 35.6 Å². The zero-order chi connectivity index (χ0) is 18.7. The first-order chi connectivity index (χ1) is 12.5. The maximum atomic E-state index is 12.4. The van der Waals surface area contributed by atoms with Gasteiger partial charge in [0.15, 0.2) is 5.82 Å². The largest absolute Gasteiger partial charge is 0.358 e. The summed E-state index contributed by atoms with van der Waals surface area (Å²) >= 11 is 5.90. The van der Waals surface area contributed by atoms with Crippen LogP contribution in [0.4, 0.5) is 5.82 Å². The van der Waals surface area contributed by atoms with Crippen LogP contribution in [-0.4, -0.2) is 42.9 Å². The summed E-state index contributed by atoms with van der Waals surface area (Å²) in [5, 5.41) is 6.22. The van der Waals surface area contributed by atoms with E-state index in [4.69, 9.17) is 11.6 Å². The zero-order valence-electron chi connectivity index (χ0n) is 14.8. The van der Waals surface area contributed by atoms with Gasteiger partial charge in [-0.15, -0.1) is 0 Å². The first-order valence-corrected chi connectivity index (χ1v) is 8.74. The Morgan fingerprint density at radius 2 is 2.12 bits per heavy atom. The SMILES string of the molecule is CCNC(=O)C(C)(CC)Nc1ccnc(-c2c[nH]c3cnc(Cl)nc23)n1. The smallest absolute Gasteiger partial charge is 0.245 e. The van der Waals surface area contributed by atoms with Gasteiger partial charge in [0.05, 0.1) is 17.3 Å². The van der Waals surface area contributed by atoms with E-state index in [0.717, 1.165) is 5.52 Å². The van der Waals surface area contributed by atoms with Crippen molar-refractivity contribution in [3.63, 3.8) is 0 Å². The van der Waals surface area contributed by atoms with Gasteiger partial charge in [0.25, 0.3) is 0 Å². The molecule has 0 aliphatic carbocycles. The highest BCUT2D eigenvalue weighted by molar-refractivity contribution is 6.28. The van der Waals surface area contributed by atoms with Gasteiger partial charge in [-0.3, -0.25) is 4.79 Å². The summed E-state index contributed by atoms with van der Waals surface area (Å²) in [6, 6.07) is 1.73. The maximum absolute atomic E-state index is 12.4. The number of likely N-dealkylation sites (N-methyl/N-ethyl adjacent to an activating group) is 1. The molecule has 1 atom stereocenters. The minimum Gasteiger partial charge on any atom is -0.358 e. The van der Waals surface area contributed by atoms with Crippen LogP contribution in [0.25, 0.3) is 22.4 Å². The molecule has 8 nitrogen and oxygen atoms in total. The monoisotopic (exact) mass is 373 g/mol. The summed E-state index contributed by atoms with van der Waals surface area (Å²) < 4.78 is 0. The Morgan fingerprint density at radius 3 is 2.85 bits per heavy atom. The minimum atomic E-state index is -0.771. The highest BCUT2D eigenvalue weighted by atomic mass is 35.5. The molecule has 0 aromatic carbocycles. The Morgan fingerprint density at radius 1 is 1.31 bits per heavy atom. The molecule has 0 radical (unpaired) electrons. The third kappa shape index (κ3) is 3.45. The van der Waals surface area contributed by atoms with Crippen LogP contribution >= 0.6 is 11.6 Å². The lowest BCUT2D eigenvalue weighted by Gasteiger charge is -2.28. The van der Waals surface area contributed by atoms with E-state index in [9.17, 15) is 4.79 Å². The van der Waals surface area contributed by atoms with Gasteiger partial charge in [-0.2, -0.15) is 0 Å². The van der Waals surface area contributed by atoms with E-state index in [1.807, 2.05) is 20.8 Å². The van der Waals surface area contributed by atoms with Gasteiger partial charge >= 0.3 is 0 Å². The van der Waals surface area contributed by atoms with Gasteiger partial charge < -0.3 is 15.6 Å². The molecule has 3 rings (SSSR count). The number of aromatic amines is 1. The lowest BCUT2D eigenvalue weighted by Crippen LogP contribution is -2.50. The molecule has 1 amide bonds. The number of amides is 1. The Bertz CT molecular complexity index is 942. The number of hydrogen-bond donors (Lipinski definition) is 3. The van der Waals surface area contributed by atoms with E-state index in [0.29, 0.717) is 35.7 Å². The van der Waals surface area contributed by atoms with Crippen LogP contribution in [0.3, 0.4) is 0 Å². The van der Waals surface area contributed by atoms with Crippen molar-refractivity contribution in [3.05, 3.63) is 29.9 Å². The Kier molecular flexibility index (Phi) is 5.03. The second kappa shape index (κ2) is 7.25. The molecule has 26 heavy (non-hydrogen) atoms. The molecule has 0 fully saturated rings. The van der Waals surface area contributed by atoms with Crippen LogP contribution < -0.4 is 10.6 Å². The highest BCUT2D eigenvalue weighted by Gasteiger charge is 2.31. The van der Waals surface area contributed by atoms with Crippen LogP contribution in [0, 0.1) is 0 Å². The van der Waals surface area contributed by atoms with Crippen molar-refractivity contribution in [2.24, 2.45) is 0 Å². The van der Waals surface area contributed by atoms with Gasteiger partial charge in [0, 0.05) is 18.9 Å². The number of aromatic nitrogens is 5. The van der Waals surface area contributed by atoms with Crippen molar-refractivity contribution >= 4 is 34.4 Å². The van der Waals surface area contributed by atoms with Crippen LogP contribution in [0.15, 0.2) is 24.7 Å². The summed E-state index contributed by atoms with van der Waals surface area (Å²) in [6.45, 7) is 6.25. The van der Waals surface area contributed by atoms with Crippen molar-refractivity contribution in [1.82, 2.24) is 30.2 Å². The third-order valence-electron chi connectivity index (χ3n) is 4.23. The van der Waals surface area contributed by atoms with E-state index in [1.165, 1.54) is 0 Å². The fourth-order valence-corrected chi connectivity index (χ4v) is 2.70. The van der Waals surface area contributed by atoms with Crippen molar-refractivity contribution in [2.75, 3.05) is 11.9 Å². The van der Waals surface area contributed by atoms with Crippen molar-refractivity contribution in [2.45, 2.75) is 32.7 Å². The number of hydrogen-bond acceptors (Lipinski definition) is 6. The molecule has 0 saturated carbocycles. The van der Waals surface area contributed by atoms with Crippen LogP contribution in [0.2, 0.25) is 5.28 Å². The van der Waals surface area contributed by atoms with Crippen molar-refractivity contribution in [1.29, 1.82) is 0 Å². The van der Waals surface area contributed by atoms with E-state index >= 15 is 0 Å². The first-order valence-electron chi connectivity index (χ1n) is 8.36. The third-order valence-corrected chi connectivity index (χ3v) is 4.41.